The molecule has 25 nitrogen and oxygen atoms in total. The number of carbonyl (C=O) groups excluding carboxylic acids is 9. The highest BCUT2D eigenvalue weighted by Gasteiger charge is 2.92. The third-order valence-corrected chi connectivity index (χ3v) is 15.3. The maximum atomic E-state index is 15.4. The Labute approximate surface area is 452 Å². The smallest absolute Gasteiger partial charge is 0.350 e. The summed E-state index contributed by atoms with van der Waals surface area (Å²) in [6, 6.07) is 6.64. The third kappa shape index (κ3) is 9.58. The van der Waals surface area contributed by atoms with Gasteiger partial charge in [-0.25, -0.2) is 19.2 Å². The molecule has 1 N–H and O–H groups in total. The molecule has 8 bridgehead atoms. The van der Waals surface area contributed by atoms with Gasteiger partial charge in [-0.2, -0.15) is 0 Å². The van der Waals surface area contributed by atoms with Crippen molar-refractivity contribution in [3.05, 3.63) is 76.9 Å². The maximum absolute atomic E-state index is 15.4. The summed E-state index contributed by atoms with van der Waals surface area (Å²) >= 11 is 0. The molecule has 2 spiro atoms. The number of aromatic nitrogens is 2. The van der Waals surface area contributed by atoms with Crippen LogP contribution in [0.5, 0.6) is 17.2 Å². The number of aliphatic hydroxyl groups is 1. The van der Waals surface area contributed by atoms with Crippen LogP contribution in [0, 0.1) is 17.3 Å². The van der Waals surface area contributed by atoms with Crippen molar-refractivity contribution in [1.82, 2.24) is 9.97 Å². The molecule has 1 aromatic carbocycles. The van der Waals surface area contributed by atoms with E-state index in [-0.39, 0.29) is 45.2 Å². The number of esters is 9. The zero-order chi connectivity index (χ0) is 57.9. The van der Waals surface area contributed by atoms with E-state index in [1.165, 1.54) is 70.8 Å². The van der Waals surface area contributed by atoms with Gasteiger partial charge in [-0.15, -0.1) is 0 Å². The van der Waals surface area contributed by atoms with Crippen molar-refractivity contribution in [2.45, 2.75) is 141 Å². The molecule has 25 heteroatoms. The van der Waals surface area contributed by atoms with Crippen molar-refractivity contribution in [3.8, 4) is 17.2 Å². The normalized spacial score (nSPS) is 32.1. The number of pyridine rings is 2. The molecule has 13 atom stereocenters. The minimum absolute atomic E-state index is 0.0517. The molecule has 6 aliphatic rings. The summed E-state index contributed by atoms with van der Waals surface area (Å²) in [7, 11) is 2.51. The Morgan fingerprint density at radius 1 is 0.722 bits per heavy atom. The first-order valence-corrected chi connectivity index (χ1v) is 25.0. The van der Waals surface area contributed by atoms with Gasteiger partial charge in [-0.3, -0.25) is 33.9 Å². The van der Waals surface area contributed by atoms with Crippen molar-refractivity contribution >= 4 is 53.7 Å². The number of hydrogen-bond acceptors (Lipinski definition) is 25. The molecular weight excluding hydrogens is 1040 g/mol. The Balaban J connectivity index is 1.57. The van der Waals surface area contributed by atoms with Gasteiger partial charge in [0.2, 0.25) is 11.4 Å². The highest BCUT2D eigenvalue weighted by Crippen LogP contribution is 2.70. The number of carbonyl (C=O) groups is 9. The van der Waals surface area contributed by atoms with Gasteiger partial charge in [0.25, 0.3) is 0 Å². The van der Waals surface area contributed by atoms with E-state index in [2.05, 4.69) is 9.97 Å². The zero-order valence-electron chi connectivity index (χ0n) is 45.3. The van der Waals surface area contributed by atoms with Gasteiger partial charge in [0.15, 0.2) is 41.5 Å². The number of benzene rings is 1. The van der Waals surface area contributed by atoms with E-state index in [1.54, 1.807) is 6.92 Å². The van der Waals surface area contributed by atoms with E-state index in [4.69, 9.17) is 61.6 Å². The predicted molar refractivity (Wildman–Crippen MR) is 261 cm³/mol. The molecule has 4 aliphatic heterocycles. The second-order valence-corrected chi connectivity index (χ2v) is 20.9. The first-order valence-electron chi connectivity index (χ1n) is 25.0. The molecule has 2 saturated carbocycles. The van der Waals surface area contributed by atoms with Gasteiger partial charge in [0.05, 0.1) is 48.4 Å². The van der Waals surface area contributed by atoms with Crippen LogP contribution in [-0.2, 0) is 82.7 Å². The summed E-state index contributed by atoms with van der Waals surface area (Å²) in [5, 5.41) is 14.1. The fourth-order valence-electron chi connectivity index (χ4n) is 11.8. The summed E-state index contributed by atoms with van der Waals surface area (Å²) in [5.41, 5.74) is -14.3. The van der Waals surface area contributed by atoms with E-state index in [0.717, 1.165) is 54.7 Å². The fraction of sp³-hybridized carbons (Fsp3) is 0.537. The van der Waals surface area contributed by atoms with Gasteiger partial charge in [0.1, 0.15) is 48.6 Å². The Morgan fingerprint density at radius 3 is 1.96 bits per heavy atom. The first kappa shape index (κ1) is 57.3. The zero-order valence-corrected chi connectivity index (χ0v) is 45.3. The minimum Gasteiger partial charge on any atom is -0.493 e. The second-order valence-electron chi connectivity index (χ2n) is 20.9. The Bertz CT molecular complexity index is 2990. The van der Waals surface area contributed by atoms with Crippen LogP contribution in [0.2, 0.25) is 0 Å². The molecule has 0 amide bonds. The lowest BCUT2D eigenvalue weighted by Gasteiger charge is -2.67. The van der Waals surface area contributed by atoms with Crippen molar-refractivity contribution in [2.75, 3.05) is 27.4 Å². The monoisotopic (exact) mass is 1100 g/mol. The van der Waals surface area contributed by atoms with Gasteiger partial charge >= 0.3 is 53.7 Å². The lowest BCUT2D eigenvalue weighted by molar-refractivity contribution is -0.386. The van der Waals surface area contributed by atoms with Crippen LogP contribution in [0.4, 0.5) is 0 Å². The lowest BCUT2D eigenvalue weighted by atomic mass is 9.45. The van der Waals surface area contributed by atoms with E-state index in [1.807, 2.05) is 0 Å². The number of rotatable bonds is 8. The second kappa shape index (κ2) is 21.0. The Hall–Kier alpha value is -7.93. The van der Waals surface area contributed by atoms with E-state index < -0.39 is 156 Å². The number of cyclic esters (lactones) is 1. The van der Waals surface area contributed by atoms with Crippen LogP contribution >= 0.6 is 0 Å². The topological polar surface area (TPSA) is 320 Å². The third-order valence-electron chi connectivity index (χ3n) is 15.3. The standard InChI is InChI=1S/C54H60N2O23/c1-24-25(2)45(61)76-42-40(72-26(3)57)44(74-28(5)59)53-23-71-48(64)33-20-55-17-15-30(33)21-69-38-34(67-11)18-31(19-35(38)68-12)46(62)75-39(43(53)77-49(65)50(7,8)78-29(6)60)36-41(73-27(4)58)54(53,52(42,10)66)79-51(36,9)22-70-47(63)32-14-13-16-56-37(24)32/h13-20,24-25,36,39-44,66H,21-23H2,1-12H3. The summed E-state index contributed by atoms with van der Waals surface area (Å²) < 4.78 is 80.8. The van der Waals surface area contributed by atoms with Crippen molar-refractivity contribution in [2.24, 2.45) is 17.3 Å². The largest absolute Gasteiger partial charge is 0.493 e. The molecule has 3 aromatic rings. The molecule has 1 saturated heterocycles. The molecule has 3 fully saturated rings. The highest BCUT2D eigenvalue weighted by molar-refractivity contribution is 5.93. The van der Waals surface area contributed by atoms with E-state index >= 15 is 14.4 Å². The predicted octanol–water partition coefficient (Wildman–Crippen LogP) is 3.25. The Morgan fingerprint density at radius 2 is 1.34 bits per heavy atom. The fourth-order valence-corrected chi connectivity index (χ4v) is 11.8. The average Bonchev–Trinajstić information content (AvgIpc) is 3.46. The summed E-state index contributed by atoms with van der Waals surface area (Å²) in [5.74, 6) is -15.0. The molecule has 0 radical (unpaired) electrons. The van der Waals surface area contributed by atoms with Gasteiger partial charge in [-0.05, 0) is 58.0 Å². The molecule has 424 valence electrons. The van der Waals surface area contributed by atoms with Gasteiger partial charge in [0, 0.05) is 57.8 Å². The van der Waals surface area contributed by atoms with Gasteiger partial charge in [-0.1, -0.05) is 13.8 Å². The maximum Gasteiger partial charge on any atom is 0.350 e. The Kier molecular flexibility index (Phi) is 15.2. The SMILES string of the molecule is COc1cc2cc(OC)c1OCc1ccncc1C(=O)OCC13C(OC(=O)C(C)(C)OC(C)=O)C(OC2=O)C2C(OC(C)=O)C14OC2(C)COC(=O)c1cccnc1C(C)C(C)C(=O)OC(C(OC(C)=O)C3OC(C)=O)C4(C)O. The molecule has 2 aromatic heterocycles. The van der Waals surface area contributed by atoms with Crippen LogP contribution in [0.1, 0.15) is 117 Å². The number of hydrogen-bond donors (Lipinski definition) is 1. The van der Waals surface area contributed by atoms with Crippen molar-refractivity contribution in [3.63, 3.8) is 0 Å². The van der Waals surface area contributed by atoms with E-state index in [0.29, 0.717) is 0 Å². The number of fused-ring (bicyclic) bond motifs is 11. The van der Waals surface area contributed by atoms with Gasteiger partial charge < -0.3 is 66.7 Å². The molecular formula is C54H60N2O23. The van der Waals surface area contributed by atoms with Crippen LogP contribution in [0.3, 0.4) is 0 Å². The molecule has 6 heterocycles. The van der Waals surface area contributed by atoms with Crippen LogP contribution in [0.15, 0.2) is 48.9 Å². The number of ether oxygens (including phenoxy) is 13. The first-order chi connectivity index (χ1) is 37.1. The van der Waals surface area contributed by atoms with Crippen LogP contribution in [-0.4, -0.2) is 155 Å². The molecule has 13 unspecified atom stereocenters. The van der Waals surface area contributed by atoms with E-state index in [9.17, 15) is 33.9 Å². The van der Waals surface area contributed by atoms with Crippen LogP contribution in [0.25, 0.3) is 0 Å². The highest BCUT2D eigenvalue weighted by atomic mass is 16.7. The summed E-state index contributed by atoms with van der Waals surface area (Å²) in [4.78, 5) is 138. The molecule has 2 aliphatic carbocycles. The van der Waals surface area contributed by atoms with Crippen molar-refractivity contribution in [1.29, 1.82) is 0 Å². The number of methoxy groups -OCH3 is 2. The summed E-state index contributed by atoms with van der Waals surface area (Å²) in [6.07, 6.45) is -9.98. The quantitative estimate of drug-likeness (QED) is 0.250. The average molecular weight is 1110 g/mol. The van der Waals surface area contributed by atoms with Crippen LogP contribution < -0.4 is 14.2 Å². The number of nitrogens with zero attached hydrogens (tertiary/aromatic N) is 2. The summed E-state index contributed by atoms with van der Waals surface area (Å²) in [6.45, 7) is 8.70. The minimum atomic E-state index is -3.08. The molecule has 79 heavy (non-hydrogen) atoms. The lowest BCUT2D eigenvalue weighted by Crippen LogP contribution is -2.89. The van der Waals surface area contributed by atoms with Crippen molar-refractivity contribution < 1.29 is 110 Å². The molecule has 9 rings (SSSR count).